The zero-order valence-corrected chi connectivity index (χ0v) is 24.5. The number of pyridine rings is 1. The molecule has 10 nitrogen and oxygen atoms in total. The van der Waals surface area contributed by atoms with Gasteiger partial charge in [-0.1, -0.05) is 24.3 Å². The number of benzene rings is 3. The SMILES string of the molecule is COc1cc2ncc3c(c(-c4ccc(C#N)cc4)nn3C)c2cc1OC(C(=O)NCCN1CCNCC1)c1ccc(F)cc1. The zero-order valence-electron chi connectivity index (χ0n) is 24.5. The summed E-state index contributed by atoms with van der Waals surface area (Å²) in [5, 5.41) is 21.9. The lowest BCUT2D eigenvalue weighted by Gasteiger charge is -2.27. The number of hydrogen-bond acceptors (Lipinski definition) is 8. The fraction of sp³-hybridized carbons (Fsp3) is 0.273. The highest BCUT2D eigenvalue weighted by Crippen LogP contribution is 2.40. The summed E-state index contributed by atoms with van der Waals surface area (Å²) < 4.78 is 27.7. The lowest BCUT2D eigenvalue weighted by Crippen LogP contribution is -2.46. The molecule has 44 heavy (non-hydrogen) atoms. The molecule has 1 saturated heterocycles. The van der Waals surface area contributed by atoms with Gasteiger partial charge in [-0.3, -0.25) is 19.4 Å². The monoisotopic (exact) mass is 593 g/mol. The van der Waals surface area contributed by atoms with Crippen LogP contribution in [0.15, 0.2) is 66.9 Å². The molecule has 0 saturated carbocycles. The van der Waals surface area contributed by atoms with Crippen molar-refractivity contribution in [2.45, 2.75) is 6.10 Å². The van der Waals surface area contributed by atoms with E-state index in [4.69, 9.17) is 14.6 Å². The van der Waals surface area contributed by atoms with Crippen molar-refractivity contribution >= 4 is 27.7 Å². The van der Waals surface area contributed by atoms with Crippen molar-refractivity contribution in [1.82, 2.24) is 30.3 Å². The maximum Gasteiger partial charge on any atom is 0.265 e. The Morgan fingerprint density at radius 2 is 1.86 bits per heavy atom. The summed E-state index contributed by atoms with van der Waals surface area (Å²) in [6.45, 7) is 4.84. The predicted octanol–water partition coefficient (Wildman–Crippen LogP) is 3.95. The molecular formula is C33H32FN7O3. The van der Waals surface area contributed by atoms with E-state index in [1.165, 1.54) is 19.2 Å². The van der Waals surface area contributed by atoms with Crippen LogP contribution in [-0.4, -0.2) is 71.9 Å². The Labute approximate surface area is 254 Å². The van der Waals surface area contributed by atoms with Crippen LogP contribution in [0.3, 0.4) is 0 Å². The largest absolute Gasteiger partial charge is 0.493 e. The number of nitrogens with one attached hydrogen (secondary N) is 2. The standard InChI is InChI=1S/C33H32FN7O3/c1-40-27-20-38-26-18-28(43-2)29(17-25(26)30(27)31(39-40)22-5-3-21(19-35)4-6-22)44-32(23-7-9-24(34)10-8-23)33(42)37-13-16-41-14-11-36-12-15-41/h3-10,17-18,20,32,36H,11-16H2,1-2H3,(H,37,42). The van der Waals surface area contributed by atoms with Crippen molar-refractivity contribution in [3.63, 3.8) is 0 Å². The molecule has 1 amide bonds. The smallest absolute Gasteiger partial charge is 0.265 e. The number of nitriles is 1. The highest BCUT2D eigenvalue weighted by atomic mass is 19.1. The maximum absolute atomic E-state index is 13.8. The molecule has 1 aliphatic heterocycles. The molecule has 0 bridgehead atoms. The number of rotatable bonds is 9. The Morgan fingerprint density at radius 1 is 1.11 bits per heavy atom. The number of carbonyl (C=O) groups excluding carboxylic acids is 1. The van der Waals surface area contributed by atoms with Gasteiger partial charge in [-0.15, -0.1) is 0 Å². The van der Waals surface area contributed by atoms with Gasteiger partial charge in [0.1, 0.15) is 11.5 Å². The predicted molar refractivity (Wildman–Crippen MR) is 165 cm³/mol. The Hall–Kier alpha value is -5.05. The number of ether oxygens (including phenoxy) is 2. The summed E-state index contributed by atoms with van der Waals surface area (Å²) in [7, 11) is 3.37. The first-order valence-corrected chi connectivity index (χ1v) is 14.4. The minimum absolute atomic E-state index is 0.329. The topological polar surface area (TPSA) is 117 Å². The third kappa shape index (κ3) is 5.90. The lowest BCUT2D eigenvalue weighted by atomic mass is 10.0. The molecule has 6 rings (SSSR count). The van der Waals surface area contributed by atoms with Crippen molar-refractivity contribution in [3.8, 4) is 28.8 Å². The van der Waals surface area contributed by atoms with Crippen molar-refractivity contribution in [2.75, 3.05) is 46.4 Å². The number of piperazine rings is 1. The average molecular weight is 594 g/mol. The first-order valence-electron chi connectivity index (χ1n) is 14.4. The van der Waals surface area contributed by atoms with Crippen LogP contribution in [0, 0.1) is 17.1 Å². The van der Waals surface area contributed by atoms with E-state index in [1.54, 1.807) is 41.2 Å². The first kappa shape index (κ1) is 29.0. The van der Waals surface area contributed by atoms with Crippen LogP contribution >= 0.6 is 0 Å². The van der Waals surface area contributed by atoms with E-state index >= 15 is 0 Å². The Morgan fingerprint density at radius 3 is 2.57 bits per heavy atom. The average Bonchev–Trinajstić information content (AvgIpc) is 3.40. The number of halogens is 1. The van der Waals surface area contributed by atoms with E-state index in [2.05, 4.69) is 26.6 Å². The number of aromatic nitrogens is 3. The van der Waals surface area contributed by atoms with Crippen LogP contribution in [0.5, 0.6) is 11.5 Å². The molecule has 224 valence electrons. The summed E-state index contributed by atoms with van der Waals surface area (Å²) in [6, 6.07) is 18.7. The van der Waals surface area contributed by atoms with E-state index in [0.717, 1.165) is 53.7 Å². The van der Waals surface area contributed by atoms with Crippen molar-refractivity contribution in [2.24, 2.45) is 7.05 Å². The summed E-state index contributed by atoms with van der Waals surface area (Å²) in [6.07, 6.45) is 0.689. The number of carbonyl (C=O) groups is 1. The summed E-state index contributed by atoms with van der Waals surface area (Å²) in [5.41, 5.74) is 4.07. The van der Waals surface area contributed by atoms with Gasteiger partial charge < -0.3 is 20.1 Å². The van der Waals surface area contributed by atoms with E-state index in [0.29, 0.717) is 41.2 Å². The minimum atomic E-state index is -1.07. The van der Waals surface area contributed by atoms with Gasteiger partial charge >= 0.3 is 0 Å². The van der Waals surface area contributed by atoms with Crippen molar-refractivity contribution in [3.05, 3.63) is 83.8 Å². The number of amides is 1. The van der Waals surface area contributed by atoms with E-state index in [1.807, 2.05) is 25.2 Å². The molecule has 1 atom stereocenters. The molecule has 0 aliphatic carbocycles. The van der Waals surface area contributed by atoms with Crippen LogP contribution in [-0.2, 0) is 11.8 Å². The van der Waals surface area contributed by atoms with Crippen LogP contribution in [0.2, 0.25) is 0 Å². The zero-order chi connectivity index (χ0) is 30.6. The number of aryl methyl sites for hydroxylation is 1. The van der Waals surface area contributed by atoms with Gasteiger partial charge in [-0.25, -0.2) is 4.39 Å². The summed E-state index contributed by atoms with van der Waals surface area (Å²) in [5.74, 6) is -0.0236. The van der Waals surface area contributed by atoms with Gasteiger partial charge in [-0.2, -0.15) is 10.4 Å². The van der Waals surface area contributed by atoms with Crippen molar-refractivity contribution in [1.29, 1.82) is 5.26 Å². The Bertz CT molecular complexity index is 1840. The fourth-order valence-corrected chi connectivity index (χ4v) is 5.50. The van der Waals surface area contributed by atoms with E-state index < -0.39 is 11.9 Å². The molecule has 1 aliphatic rings. The van der Waals surface area contributed by atoms with E-state index in [9.17, 15) is 14.4 Å². The second kappa shape index (κ2) is 12.7. The van der Waals surface area contributed by atoms with Gasteiger partial charge in [0.2, 0.25) is 6.10 Å². The molecule has 2 N–H and O–H groups in total. The van der Waals surface area contributed by atoms with Gasteiger partial charge in [0.15, 0.2) is 11.5 Å². The second-order valence-electron chi connectivity index (χ2n) is 10.6. The molecule has 5 aromatic rings. The Kier molecular flexibility index (Phi) is 8.36. The quantitative estimate of drug-likeness (QED) is 0.264. The van der Waals surface area contributed by atoms with Gasteiger partial charge in [0.05, 0.1) is 36.0 Å². The number of fused-ring (bicyclic) bond motifs is 3. The number of hydrogen-bond donors (Lipinski definition) is 2. The third-order valence-corrected chi connectivity index (χ3v) is 7.85. The molecule has 3 heterocycles. The number of nitrogens with zero attached hydrogens (tertiary/aromatic N) is 5. The number of methoxy groups -OCH3 is 1. The molecule has 1 unspecified atom stereocenters. The lowest BCUT2D eigenvalue weighted by molar-refractivity contribution is -0.128. The van der Waals surface area contributed by atoms with Crippen LogP contribution in [0.25, 0.3) is 33.1 Å². The van der Waals surface area contributed by atoms with Gasteiger partial charge in [0.25, 0.3) is 5.91 Å². The maximum atomic E-state index is 13.8. The van der Waals surface area contributed by atoms with Crippen LogP contribution in [0.4, 0.5) is 4.39 Å². The highest BCUT2D eigenvalue weighted by molar-refractivity contribution is 6.12. The summed E-state index contributed by atoms with van der Waals surface area (Å²) >= 11 is 0. The second-order valence-corrected chi connectivity index (χ2v) is 10.6. The molecule has 0 radical (unpaired) electrons. The fourth-order valence-electron chi connectivity index (χ4n) is 5.50. The van der Waals surface area contributed by atoms with Crippen LogP contribution in [0.1, 0.15) is 17.2 Å². The molecular weight excluding hydrogens is 561 g/mol. The molecule has 11 heteroatoms. The van der Waals surface area contributed by atoms with Gasteiger partial charge in [-0.05, 0) is 30.3 Å². The minimum Gasteiger partial charge on any atom is -0.493 e. The first-order chi connectivity index (χ1) is 21.4. The highest BCUT2D eigenvalue weighted by Gasteiger charge is 2.26. The van der Waals surface area contributed by atoms with Gasteiger partial charge in [0, 0.05) is 74.3 Å². The van der Waals surface area contributed by atoms with Crippen molar-refractivity contribution < 1.29 is 18.7 Å². The molecule has 3 aromatic carbocycles. The molecule has 1 fully saturated rings. The molecule has 0 spiro atoms. The van der Waals surface area contributed by atoms with Crippen LogP contribution < -0.4 is 20.1 Å². The Balaban J connectivity index is 1.39. The summed E-state index contributed by atoms with van der Waals surface area (Å²) in [4.78, 5) is 20.5. The van der Waals surface area contributed by atoms with E-state index in [-0.39, 0.29) is 5.91 Å². The normalized spacial score (nSPS) is 14.3. The third-order valence-electron chi connectivity index (χ3n) is 7.85. The molecule has 2 aromatic heterocycles.